The van der Waals surface area contributed by atoms with Gasteiger partial charge in [-0.05, 0) is 37.6 Å². The van der Waals surface area contributed by atoms with Gasteiger partial charge in [-0.3, -0.25) is 9.69 Å². The monoisotopic (exact) mass is 419 g/mol. The summed E-state index contributed by atoms with van der Waals surface area (Å²) in [4.78, 5) is 25.0. The van der Waals surface area contributed by atoms with Gasteiger partial charge in [0.05, 0.1) is 12.2 Å². The molecule has 1 aromatic carbocycles. The van der Waals surface area contributed by atoms with Crippen LogP contribution in [0.1, 0.15) is 18.9 Å². The summed E-state index contributed by atoms with van der Waals surface area (Å²) >= 11 is 3.34. The second-order valence-corrected chi connectivity index (χ2v) is 9.42. The molecule has 2 rings (SSSR count). The largest absolute Gasteiger partial charge is 0.480 e. The van der Waals surface area contributed by atoms with Crippen LogP contribution in [0, 0.1) is 6.92 Å². The molecule has 1 aromatic rings. The van der Waals surface area contributed by atoms with E-state index >= 15 is 0 Å². The summed E-state index contributed by atoms with van der Waals surface area (Å²) in [7, 11) is -3.88. The average molecular weight is 420 g/mol. The van der Waals surface area contributed by atoms with Crippen molar-refractivity contribution >= 4 is 43.5 Å². The number of ether oxygens (including phenoxy) is 1. The molecule has 0 bridgehead atoms. The summed E-state index contributed by atoms with van der Waals surface area (Å²) < 4.78 is 27.8. The van der Waals surface area contributed by atoms with E-state index in [-0.39, 0.29) is 13.0 Å². The number of rotatable bonds is 5. The van der Waals surface area contributed by atoms with Crippen LogP contribution in [0.25, 0.3) is 0 Å². The highest BCUT2D eigenvalue weighted by molar-refractivity contribution is 9.10. The van der Waals surface area contributed by atoms with E-state index in [1.165, 1.54) is 4.90 Å². The first-order valence-electron chi connectivity index (χ1n) is 7.13. The van der Waals surface area contributed by atoms with Crippen LogP contribution in [0.5, 0.6) is 0 Å². The lowest BCUT2D eigenvalue weighted by atomic mass is 10.0. The fraction of sp³-hybridized carbons (Fsp3) is 0.467. The highest BCUT2D eigenvalue weighted by Crippen LogP contribution is 2.32. The van der Waals surface area contributed by atoms with E-state index in [4.69, 9.17) is 4.74 Å². The van der Waals surface area contributed by atoms with E-state index in [0.717, 1.165) is 23.2 Å². The number of benzene rings is 1. The van der Waals surface area contributed by atoms with Gasteiger partial charge in [-0.1, -0.05) is 15.9 Å². The molecule has 24 heavy (non-hydrogen) atoms. The quantitative estimate of drug-likeness (QED) is 0.785. The van der Waals surface area contributed by atoms with Gasteiger partial charge in [0.15, 0.2) is 14.6 Å². The number of carbonyl (C=O) groups is 2. The standard InChI is InChI=1S/C15H18BrNO6S/c1-9-6-10(16)4-5-12(9)17-8-11(23-14(17)20)7-15(2,13(18)19)24(3,21)22/h4-6,11H,7-8H2,1-3H3,(H,18,19)/t11-,15+/m0/s1. The number of cyclic esters (lactones) is 1. The minimum atomic E-state index is -3.88. The predicted molar refractivity (Wildman–Crippen MR) is 92.0 cm³/mol. The third kappa shape index (κ3) is 3.41. The van der Waals surface area contributed by atoms with Gasteiger partial charge in [-0.2, -0.15) is 0 Å². The van der Waals surface area contributed by atoms with Crippen molar-refractivity contribution in [2.45, 2.75) is 31.1 Å². The smallest absolute Gasteiger partial charge is 0.414 e. The number of nitrogens with zero attached hydrogens (tertiary/aromatic N) is 1. The van der Waals surface area contributed by atoms with Crippen LogP contribution >= 0.6 is 15.9 Å². The molecule has 1 saturated heterocycles. The van der Waals surface area contributed by atoms with Gasteiger partial charge in [-0.15, -0.1) is 0 Å². The average Bonchev–Trinajstić information content (AvgIpc) is 2.77. The van der Waals surface area contributed by atoms with Crippen LogP contribution in [0.4, 0.5) is 10.5 Å². The Bertz CT molecular complexity index is 793. The minimum Gasteiger partial charge on any atom is -0.480 e. The van der Waals surface area contributed by atoms with Crippen LogP contribution in [0.3, 0.4) is 0 Å². The molecular weight excluding hydrogens is 402 g/mol. The van der Waals surface area contributed by atoms with Crippen molar-refractivity contribution in [1.29, 1.82) is 0 Å². The van der Waals surface area contributed by atoms with Gasteiger partial charge in [0.1, 0.15) is 6.10 Å². The molecule has 0 radical (unpaired) electrons. The van der Waals surface area contributed by atoms with Crippen LogP contribution in [0.15, 0.2) is 22.7 Å². The number of aliphatic carboxylic acids is 1. The number of aryl methyl sites for hydroxylation is 1. The molecule has 9 heteroatoms. The summed E-state index contributed by atoms with van der Waals surface area (Å²) in [6.45, 7) is 3.06. The Morgan fingerprint density at radius 3 is 2.62 bits per heavy atom. The predicted octanol–water partition coefficient (Wildman–Crippen LogP) is 2.36. The third-order valence-corrected chi connectivity index (χ3v) is 6.68. The summed E-state index contributed by atoms with van der Waals surface area (Å²) in [6, 6.07) is 5.37. The number of carboxylic acid groups (broad SMARTS) is 1. The number of halogens is 1. The number of carboxylic acids is 1. The van der Waals surface area contributed by atoms with E-state index in [1.807, 2.05) is 13.0 Å². The van der Waals surface area contributed by atoms with Gasteiger partial charge in [0.25, 0.3) is 0 Å². The number of hydrogen-bond acceptors (Lipinski definition) is 5. The van der Waals surface area contributed by atoms with Crippen molar-refractivity contribution in [3.63, 3.8) is 0 Å². The Kier molecular flexibility index (Phi) is 4.96. The first-order valence-corrected chi connectivity index (χ1v) is 9.81. The van der Waals surface area contributed by atoms with Gasteiger partial charge >= 0.3 is 12.1 Å². The lowest BCUT2D eigenvalue weighted by molar-refractivity contribution is -0.140. The molecule has 0 saturated carbocycles. The Balaban J connectivity index is 2.25. The maximum Gasteiger partial charge on any atom is 0.414 e. The van der Waals surface area contributed by atoms with Crippen molar-refractivity contribution in [2.24, 2.45) is 0 Å². The number of anilines is 1. The zero-order valence-electron chi connectivity index (χ0n) is 13.4. The Morgan fingerprint density at radius 2 is 2.12 bits per heavy atom. The summed E-state index contributed by atoms with van der Waals surface area (Å²) in [5, 5.41) is 9.31. The second-order valence-electron chi connectivity index (χ2n) is 6.06. The van der Waals surface area contributed by atoms with Crippen molar-refractivity contribution in [2.75, 3.05) is 17.7 Å². The summed E-state index contributed by atoms with van der Waals surface area (Å²) in [5.74, 6) is -1.46. The highest BCUT2D eigenvalue weighted by Gasteiger charge is 2.48. The third-order valence-electron chi connectivity index (χ3n) is 4.21. The first kappa shape index (κ1) is 18.7. The lowest BCUT2D eigenvalue weighted by Gasteiger charge is -2.24. The maximum atomic E-state index is 12.1. The number of sulfone groups is 1. The fourth-order valence-electron chi connectivity index (χ4n) is 2.58. The molecule has 1 aliphatic heterocycles. The molecular formula is C15H18BrNO6S. The molecule has 0 aliphatic carbocycles. The van der Waals surface area contributed by atoms with Crippen LogP contribution < -0.4 is 4.90 Å². The van der Waals surface area contributed by atoms with Gasteiger partial charge in [-0.25, -0.2) is 13.2 Å². The fourth-order valence-corrected chi connectivity index (χ4v) is 3.86. The maximum absolute atomic E-state index is 12.1. The van der Waals surface area contributed by atoms with Crippen LogP contribution in [-0.4, -0.2) is 49.2 Å². The molecule has 1 N–H and O–H groups in total. The molecule has 7 nitrogen and oxygen atoms in total. The zero-order chi connectivity index (χ0) is 18.3. The van der Waals surface area contributed by atoms with Crippen molar-refractivity contribution in [3.05, 3.63) is 28.2 Å². The first-order chi connectivity index (χ1) is 11.0. The minimum absolute atomic E-state index is 0.0969. The van der Waals surface area contributed by atoms with E-state index in [1.54, 1.807) is 12.1 Å². The summed E-state index contributed by atoms with van der Waals surface area (Å²) in [6.07, 6.45) is -0.879. The molecule has 1 amide bonds. The number of amides is 1. The Hall–Kier alpha value is -1.61. The molecule has 1 aliphatic rings. The van der Waals surface area contributed by atoms with E-state index in [9.17, 15) is 23.1 Å². The highest BCUT2D eigenvalue weighted by atomic mass is 79.9. The second kappa shape index (κ2) is 6.36. The number of hydrogen-bond donors (Lipinski definition) is 1. The van der Waals surface area contributed by atoms with Crippen LogP contribution in [0.2, 0.25) is 0 Å². The molecule has 0 aromatic heterocycles. The normalized spacial score (nSPS) is 20.6. The molecule has 1 fully saturated rings. The lowest BCUT2D eigenvalue weighted by Crippen LogP contribution is -2.46. The van der Waals surface area contributed by atoms with Gasteiger partial charge < -0.3 is 9.84 Å². The van der Waals surface area contributed by atoms with Crippen molar-refractivity contribution in [1.82, 2.24) is 0 Å². The van der Waals surface area contributed by atoms with Gasteiger partial charge in [0.2, 0.25) is 0 Å². The molecule has 2 atom stereocenters. The van der Waals surface area contributed by atoms with Gasteiger partial charge in [0, 0.05) is 17.1 Å². The molecule has 132 valence electrons. The zero-order valence-corrected chi connectivity index (χ0v) is 15.8. The SMILES string of the molecule is Cc1cc(Br)ccc1N1C[C@H](C[C@](C)(C(=O)O)S(C)(=O)=O)OC1=O. The topological polar surface area (TPSA) is 101 Å². The van der Waals surface area contributed by atoms with E-state index < -0.39 is 32.8 Å². The Labute approximate surface area is 148 Å². The molecule has 0 spiro atoms. The van der Waals surface area contributed by atoms with E-state index in [2.05, 4.69) is 15.9 Å². The molecule has 1 heterocycles. The number of carbonyl (C=O) groups excluding carboxylic acids is 1. The van der Waals surface area contributed by atoms with E-state index in [0.29, 0.717) is 5.69 Å². The van der Waals surface area contributed by atoms with Crippen LogP contribution in [-0.2, 0) is 19.4 Å². The molecule has 0 unspecified atom stereocenters. The Morgan fingerprint density at radius 1 is 1.50 bits per heavy atom. The van der Waals surface area contributed by atoms with Crippen molar-refractivity contribution in [3.8, 4) is 0 Å². The van der Waals surface area contributed by atoms with Crippen molar-refractivity contribution < 1.29 is 27.9 Å². The summed E-state index contributed by atoms with van der Waals surface area (Å²) in [5.41, 5.74) is 1.48.